The van der Waals surface area contributed by atoms with Gasteiger partial charge in [0.1, 0.15) is 0 Å². The molecule has 0 N–H and O–H groups in total. The van der Waals surface area contributed by atoms with Crippen LogP contribution in [-0.2, 0) is 5.41 Å². The lowest BCUT2D eigenvalue weighted by molar-refractivity contribution is -0.0398. The van der Waals surface area contributed by atoms with Crippen molar-refractivity contribution in [1.82, 2.24) is 0 Å². The van der Waals surface area contributed by atoms with Crippen molar-refractivity contribution in [2.24, 2.45) is 23.7 Å². The molecule has 0 amide bonds. The minimum Gasteiger partial charge on any atom is -0.0616 e. The van der Waals surface area contributed by atoms with Crippen molar-refractivity contribution in [3.63, 3.8) is 0 Å². The van der Waals surface area contributed by atoms with Gasteiger partial charge in [0.05, 0.1) is 0 Å². The fourth-order valence-corrected chi connectivity index (χ4v) is 13.1. The van der Waals surface area contributed by atoms with Crippen LogP contribution in [0.25, 0.3) is 87.6 Å². The van der Waals surface area contributed by atoms with Gasteiger partial charge in [-0.3, -0.25) is 0 Å². The standard InChI is InChI=1S/C56H42/c1-2-11-39-31-42(25-22-36(39)10-1)37-20-23-38(24-21-37)53-45-14-5-7-16-47(45)54(48-17-8-6-15-46(48)53)49-18-9-19-51-55(49)50-32-40-12-3-4-13-41(40)33-52(50)56(51)43-27-34-26-35(29-43)30-44(56)28-34/h1-25,31-35,43-44H,26-30H2. The van der Waals surface area contributed by atoms with E-state index in [2.05, 4.69) is 170 Å². The van der Waals surface area contributed by atoms with E-state index >= 15 is 0 Å². The second-order valence-corrected chi connectivity index (χ2v) is 17.6. The number of benzene rings is 9. The first-order valence-corrected chi connectivity index (χ1v) is 20.9. The third kappa shape index (κ3) is 4.20. The molecule has 5 aliphatic rings. The Morgan fingerprint density at radius 3 is 1.48 bits per heavy atom. The van der Waals surface area contributed by atoms with Gasteiger partial charge in [0, 0.05) is 5.41 Å². The second kappa shape index (κ2) is 11.5. The van der Waals surface area contributed by atoms with Crippen molar-refractivity contribution in [3.05, 3.63) is 181 Å². The number of rotatable bonds is 3. The topological polar surface area (TPSA) is 0 Å². The molecule has 9 aromatic rings. The van der Waals surface area contributed by atoms with Gasteiger partial charge in [-0.2, -0.15) is 0 Å². The first-order valence-electron chi connectivity index (χ1n) is 20.9. The third-order valence-corrected chi connectivity index (χ3v) is 15.0. The Labute approximate surface area is 328 Å². The van der Waals surface area contributed by atoms with Crippen LogP contribution in [0, 0.1) is 23.7 Å². The van der Waals surface area contributed by atoms with Crippen LogP contribution in [0.5, 0.6) is 0 Å². The summed E-state index contributed by atoms with van der Waals surface area (Å²) in [5.41, 5.74) is 14.2. The van der Waals surface area contributed by atoms with Crippen LogP contribution in [0.3, 0.4) is 0 Å². The quantitative estimate of drug-likeness (QED) is 0.160. The number of fused-ring (bicyclic) bond motifs is 7. The average molecular weight is 715 g/mol. The molecule has 0 atom stereocenters. The molecular weight excluding hydrogens is 673 g/mol. The van der Waals surface area contributed by atoms with Gasteiger partial charge in [-0.25, -0.2) is 0 Å². The van der Waals surface area contributed by atoms with Gasteiger partial charge in [-0.15, -0.1) is 0 Å². The van der Waals surface area contributed by atoms with Crippen molar-refractivity contribution >= 4 is 43.1 Å². The molecule has 1 spiro atoms. The zero-order valence-electron chi connectivity index (χ0n) is 31.5. The van der Waals surface area contributed by atoms with Crippen LogP contribution < -0.4 is 0 Å². The summed E-state index contributed by atoms with van der Waals surface area (Å²) in [7, 11) is 0. The molecule has 0 aromatic heterocycles. The smallest absolute Gasteiger partial charge is 0.0272 e. The molecule has 5 aliphatic carbocycles. The summed E-state index contributed by atoms with van der Waals surface area (Å²) < 4.78 is 0. The monoisotopic (exact) mass is 714 g/mol. The van der Waals surface area contributed by atoms with Crippen LogP contribution in [0.4, 0.5) is 0 Å². The maximum atomic E-state index is 2.64. The molecule has 0 saturated heterocycles. The van der Waals surface area contributed by atoms with Gasteiger partial charge in [0.2, 0.25) is 0 Å². The van der Waals surface area contributed by atoms with E-state index in [-0.39, 0.29) is 5.41 Å². The molecule has 14 rings (SSSR count). The van der Waals surface area contributed by atoms with Crippen LogP contribution in [0.1, 0.15) is 43.2 Å². The van der Waals surface area contributed by atoms with Crippen molar-refractivity contribution in [2.75, 3.05) is 0 Å². The van der Waals surface area contributed by atoms with Gasteiger partial charge in [0.15, 0.2) is 0 Å². The van der Waals surface area contributed by atoms with E-state index in [1.807, 2.05) is 0 Å². The van der Waals surface area contributed by atoms with Crippen LogP contribution in [-0.4, -0.2) is 0 Å². The first kappa shape index (κ1) is 31.2. The highest BCUT2D eigenvalue weighted by Crippen LogP contribution is 2.70. The molecule has 4 bridgehead atoms. The van der Waals surface area contributed by atoms with Gasteiger partial charge in [-0.05, 0) is 173 Å². The van der Waals surface area contributed by atoms with Crippen LogP contribution >= 0.6 is 0 Å². The molecule has 4 saturated carbocycles. The Kier molecular flexibility index (Phi) is 6.43. The molecule has 0 radical (unpaired) electrons. The fourth-order valence-electron chi connectivity index (χ4n) is 13.1. The molecule has 56 heavy (non-hydrogen) atoms. The predicted molar refractivity (Wildman–Crippen MR) is 236 cm³/mol. The van der Waals surface area contributed by atoms with E-state index in [1.54, 1.807) is 11.1 Å². The molecule has 0 unspecified atom stereocenters. The Morgan fingerprint density at radius 2 is 0.839 bits per heavy atom. The fraction of sp³-hybridized carbons (Fsp3) is 0.179. The van der Waals surface area contributed by atoms with Gasteiger partial charge in [-0.1, -0.05) is 152 Å². The first-order chi connectivity index (χ1) is 27.7. The molecule has 0 heterocycles. The van der Waals surface area contributed by atoms with Crippen molar-refractivity contribution < 1.29 is 0 Å². The van der Waals surface area contributed by atoms with Crippen molar-refractivity contribution in [3.8, 4) is 44.5 Å². The molecule has 0 heteroatoms. The lowest BCUT2D eigenvalue weighted by atomic mass is 9.43. The average Bonchev–Trinajstić information content (AvgIpc) is 3.53. The van der Waals surface area contributed by atoms with Gasteiger partial charge < -0.3 is 0 Å². The molecule has 9 aromatic carbocycles. The summed E-state index contributed by atoms with van der Waals surface area (Å²) in [6.45, 7) is 0. The van der Waals surface area contributed by atoms with Crippen LogP contribution in [0.15, 0.2) is 170 Å². The Morgan fingerprint density at radius 1 is 0.321 bits per heavy atom. The summed E-state index contributed by atoms with van der Waals surface area (Å²) in [5, 5.41) is 10.6. The summed E-state index contributed by atoms with van der Waals surface area (Å²) in [5.74, 6) is 3.29. The largest absolute Gasteiger partial charge is 0.0616 e. The Balaban J connectivity index is 1.05. The SMILES string of the molecule is c1cc(-c2c3ccccc3c(-c3ccc(-c4ccc5ccccc5c4)cc3)c3ccccc23)c2c(c1)C1(c3cc4ccccc4cc3-2)C2CC3CC(C2)CC1C3. The summed E-state index contributed by atoms with van der Waals surface area (Å²) in [6.07, 6.45) is 7.04. The maximum absolute atomic E-state index is 2.64. The molecule has 4 fully saturated rings. The normalized spacial score (nSPS) is 23.1. The number of hydrogen-bond donors (Lipinski definition) is 0. The van der Waals surface area contributed by atoms with E-state index in [4.69, 9.17) is 0 Å². The van der Waals surface area contributed by atoms with Crippen molar-refractivity contribution in [1.29, 1.82) is 0 Å². The van der Waals surface area contributed by atoms with Gasteiger partial charge in [0.25, 0.3) is 0 Å². The minimum absolute atomic E-state index is 0.108. The Hall–Kier alpha value is -5.98. The van der Waals surface area contributed by atoms with Crippen LogP contribution in [0.2, 0.25) is 0 Å². The Bertz CT molecular complexity index is 3000. The van der Waals surface area contributed by atoms with E-state index in [0.29, 0.717) is 0 Å². The van der Waals surface area contributed by atoms with E-state index in [0.717, 1.165) is 23.7 Å². The molecule has 266 valence electrons. The van der Waals surface area contributed by atoms with E-state index in [9.17, 15) is 0 Å². The summed E-state index contributed by atoms with van der Waals surface area (Å²) in [6, 6.07) is 65.0. The van der Waals surface area contributed by atoms with Gasteiger partial charge >= 0.3 is 0 Å². The minimum atomic E-state index is 0.108. The highest BCUT2D eigenvalue weighted by molar-refractivity contribution is 6.23. The number of hydrogen-bond acceptors (Lipinski definition) is 0. The molecule has 0 nitrogen and oxygen atoms in total. The predicted octanol–water partition coefficient (Wildman–Crippen LogP) is 15.0. The second-order valence-electron chi connectivity index (χ2n) is 17.6. The summed E-state index contributed by atoms with van der Waals surface area (Å²) in [4.78, 5) is 0. The third-order valence-electron chi connectivity index (χ3n) is 15.0. The van der Waals surface area contributed by atoms with E-state index in [1.165, 1.54) is 120 Å². The van der Waals surface area contributed by atoms with E-state index < -0.39 is 0 Å². The highest BCUT2D eigenvalue weighted by atomic mass is 14.6. The summed E-state index contributed by atoms with van der Waals surface area (Å²) >= 11 is 0. The zero-order chi connectivity index (χ0) is 36.5. The lowest BCUT2D eigenvalue weighted by Gasteiger charge is -2.61. The molecular formula is C56H42. The maximum Gasteiger partial charge on any atom is 0.0272 e. The lowest BCUT2D eigenvalue weighted by Crippen LogP contribution is -2.55. The molecule has 0 aliphatic heterocycles. The van der Waals surface area contributed by atoms with Crippen molar-refractivity contribution in [2.45, 2.75) is 37.5 Å². The highest BCUT2D eigenvalue weighted by Gasteiger charge is 2.61. The zero-order valence-corrected chi connectivity index (χ0v) is 31.5.